The van der Waals surface area contributed by atoms with E-state index in [1.165, 1.54) is 17.7 Å². The maximum atomic E-state index is 13.0. The predicted molar refractivity (Wildman–Crippen MR) is 95.4 cm³/mol. The summed E-state index contributed by atoms with van der Waals surface area (Å²) in [5, 5.41) is 12.8. The van der Waals surface area contributed by atoms with Gasteiger partial charge in [0.15, 0.2) is 0 Å². The fourth-order valence-electron chi connectivity index (χ4n) is 3.79. The van der Waals surface area contributed by atoms with Gasteiger partial charge < -0.3 is 15.2 Å². The van der Waals surface area contributed by atoms with E-state index in [-0.39, 0.29) is 36.2 Å². The number of hydrogen-bond donors (Lipinski definition) is 2. The van der Waals surface area contributed by atoms with Gasteiger partial charge in [0, 0.05) is 6.42 Å². The van der Waals surface area contributed by atoms with E-state index in [2.05, 4.69) is 11.4 Å². The molecule has 4 rings (SSSR count). The van der Waals surface area contributed by atoms with Gasteiger partial charge in [-0.15, -0.1) is 0 Å². The first-order valence-electron chi connectivity index (χ1n) is 9.06. The second kappa shape index (κ2) is 7.08. The SMILES string of the molecule is O=C(Cc1ccc(F)cc1)N[C@H](c1ccc2c(c1)CCO2)C1CC(O)C1. The number of aliphatic hydroxyl groups excluding tert-OH is 1. The first-order valence-corrected chi connectivity index (χ1v) is 9.06. The smallest absolute Gasteiger partial charge is 0.224 e. The van der Waals surface area contributed by atoms with Crippen LogP contribution >= 0.6 is 0 Å². The number of amides is 1. The molecule has 1 fully saturated rings. The summed E-state index contributed by atoms with van der Waals surface area (Å²) in [5.74, 6) is 0.733. The lowest BCUT2D eigenvalue weighted by molar-refractivity contribution is -0.122. The molecular weight excluding hydrogens is 333 g/mol. The molecule has 2 N–H and O–H groups in total. The second-order valence-corrected chi connectivity index (χ2v) is 7.20. The summed E-state index contributed by atoms with van der Waals surface area (Å²) in [4.78, 5) is 12.5. The Kier molecular flexibility index (Phi) is 4.64. The van der Waals surface area contributed by atoms with Crippen LogP contribution in [0.15, 0.2) is 42.5 Å². The van der Waals surface area contributed by atoms with Crippen molar-refractivity contribution in [2.45, 2.75) is 37.8 Å². The summed E-state index contributed by atoms with van der Waals surface area (Å²) in [6.07, 6.45) is 2.19. The van der Waals surface area contributed by atoms with Crippen LogP contribution in [-0.4, -0.2) is 23.7 Å². The Labute approximate surface area is 152 Å². The summed E-state index contributed by atoms with van der Waals surface area (Å²) in [5.41, 5.74) is 3.00. The quantitative estimate of drug-likeness (QED) is 0.867. The minimum absolute atomic E-state index is 0.0975. The number of carbonyl (C=O) groups excluding carboxylic acids is 1. The zero-order chi connectivity index (χ0) is 18.1. The third-order valence-electron chi connectivity index (χ3n) is 5.29. The molecule has 2 aromatic rings. The van der Waals surface area contributed by atoms with E-state index in [1.54, 1.807) is 12.1 Å². The number of aliphatic hydroxyl groups is 1. The Morgan fingerprint density at radius 1 is 1.23 bits per heavy atom. The van der Waals surface area contributed by atoms with Gasteiger partial charge in [0.1, 0.15) is 11.6 Å². The summed E-state index contributed by atoms with van der Waals surface area (Å²) in [7, 11) is 0. The fraction of sp³-hybridized carbons (Fsp3) is 0.381. The monoisotopic (exact) mass is 355 g/mol. The van der Waals surface area contributed by atoms with Crippen LogP contribution in [0.25, 0.3) is 0 Å². The van der Waals surface area contributed by atoms with Crippen LogP contribution in [0.1, 0.15) is 35.6 Å². The number of halogens is 1. The molecule has 4 nitrogen and oxygen atoms in total. The van der Waals surface area contributed by atoms with Crippen molar-refractivity contribution in [3.63, 3.8) is 0 Å². The van der Waals surface area contributed by atoms with Gasteiger partial charge in [0.2, 0.25) is 5.91 Å². The van der Waals surface area contributed by atoms with Crippen molar-refractivity contribution < 1.29 is 19.0 Å². The molecule has 0 spiro atoms. The normalized spacial score (nSPS) is 22.1. The van der Waals surface area contributed by atoms with Crippen LogP contribution in [0.3, 0.4) is 0 Å². The molecule has 2 aromatic carbocycles. The zero-order valence-electron chi connectivity index (χ0n) is 14.5. The van der Waals surface area contributed by atoms with Gasteiger partial charge in [-0.3, -0.25) is 4.79 Å². The Hall–Kier alpha value is -2.40. The minimum atomic E-state index is -0.309. The second-order valence-electron chi connectivity index (χ2n) is 7.20. The highest BCUT2D eigenvalue weighted by atomic mass is 19.1. The number of ether oxygens (including phenoxy) is 1. The van der Waals surface area contributed by atoms with Crippen LogP contribution in [0, 0.1) is 11.7 Å². The molecule has 0 unspecified atom stereocenters. The summed E-state index contributed by atoms with van der Waals surface area (Å²) in [6, 6.07) is 11.9. The molecule has 1 saturated carbocycles. The summed E-state index contributed by atoms with van der Waals surface area (Å²) in [6.45, 7) is 0.697. The molecule has 1 aliphatic carbocycles. The van der Waals surface area contributed by atoms with E-state index >= 15 is 0 Å². The van der Waals surface area contributed by atoms with Crippen molar-refractivity contribution >= 4 is 5.91 Å². The Bertz CT molecular complexity index is 799. The number of fused-ring (bicyclic) bond motifs is 1. The Morgan fingerprint density at radius 3 is 2.73 bits per heavy atom. The van der Waals surface area contributed by atoms with Gasteiger partial charge in [0.05, 0.1) is 25.2 Å². The molecule has 2 aliphatic rings. The fourth-order valence-corrected chi connectivity index (χ4v) is 3.79. The summed E-state index contributed by atoms with van der Waals surface area (Å²) < 4.78 is 18.6. The van der Waals surface area contributed by atoms with Crippen LogP contribution in [0.5, 0.6) is 5.75 Å². The van der Waals surface area contributed by atoms with E-state index in [4.69, 9.17) is 4.74 Å². The number of rotatable bonds is 5. The third kappa shape index (κ3) is 3.58. The maximum absolute atomic E-state index is 13.0. The molecule has 136 valence electrons. The van der Waals surface area contributed by atoms with Gasteiger partial charge in [-0.2, -0.15) is 0 Å². The van der Waals surface area contributed by atoms with Crippen molar-refractivity contribution in [1.82, 2.24) is 5.32 Å². The largest absolute Gasteiger partial charge is 0.493 e. The van der Waals surface area contributed by atoms with Gasteiger partial charge >= 0.3 is 0 Å². The van der Waals surface area contributed by atoms with Gasteiger partial charge in [-0.1, -0.05) is 18.2 Å². The molecule has 1 atom stereocenters. The van der Waals surface area contributed by atoms with Crippen molar-refractivity contribution in [2.24, 2.45) is 5.92 Å². The molecule has 0 saturated heterocycles. The Morgan fingerprint density at radius 2 is 2.00 bits per heavy atom. The topological polar surface area (TPSA) is 58.6 Å². The van der Waals surface area contributed by atoms with Gasteiger partial charge in [0.25, 0.3) is 0 Å². The summed E-state index contributed by atoms with van der Waals surface area (Å²) >= 11 is 0. The molecule has 5 heteroatoms. The average molecular weight is 355 g/mol. The molecule has 0 aromatic heterocycles. The lowest BCUT2D eigenvalue weighted by Crippen LogP contribution is -2.41. The van der Waals surface area contributed by atoms with Crippen LogP contribution in [-0.2, 0) is 17.6 Å². The van der Waals surface area contributed by atoms with Crippen LogP contribution in [0.4, 0.5) is 4.39 Å². The average Bonchev–Trinajstić information content (AvgIpc) is 3.07. The van der Waals surface area contributed by atoms with Crippen molar-refractivity contribution in [1.29, 1.82) is 0 Å². The number of nitrogens with one attached hydrogen (secondary N) is 1. The van der Waals surface area contributed by atoms with Crippen LogP contribution in [0.2, 0.25) is 0 Å². The van der Waals surface area contributed by atoms with Crippen molar-refractivity contribution in [3.8, 4) is 5.75 Å². The van der Waals surface area contributed by atoms with E-state index in [0.717, 1.165) is 23.3 Å². The van der Waals surface area contributed by atoms with Gasteiger partial charge in [-0.25, -0.2) is 4.39 Å². The van der Waals surface area contributed by atoms with E-state index < -0.39 is 0 Å². The molecule has 1 amide bonds. The number of carbonyl (C=O) groups is 1. The maximum Gasteiger partial charge on any atom is 0.224 e. The van der Waals surface area contributed by atoms with Crippen molar-refractivity contribution in [2.75, 3.05) is 6.61 Å². The highest BCUT2D eigenvalue weighted by molar-refractivity contribution is 5.79. The van der Waals surface area contributed by atoms with E-state index in [0.29, 0.717) is 19.4 Å². The van der Waals surface area contributed by atoms with Crippen molar-refractivity contribution in [3.05, 3.63) is 65.0 Å². The van der Waals surface area contributed by atoms with Crippen LogP contribution < -0.4 is 10.1 Å². The predicted octanol–water partition coefficient (Wildman–Crippen LogP) is 2.93. The molecule has 1 heterocycles. The van der Waals surface area contributed by atoms with E-state index in [1.807, 2.05) is 12.1 Å². The molecule has 0 radical (unpaired) electrons. The first-order chi connectivity index (χ1) is 12.6. The first kappa shape index (κ1) is 17.0. The number of hydrogen-bond acceptors (Lipinski definition) is 3. The molecular formula is C21H22FNO3. The Balaban J connectivity index is 1.50. The highest BCUT2D eigenvalue weighted by Crippen LogP contribution is 2.39. The molecule has 1 aliphatic heterocycles. The lowest BCUT2D eigenvalue weighted by Gasteiger charge is -2.38. The third-order valence-corrected chi connectivity index (χ3v) is 5.29. The molecule has 26 heavy (non-hydrogen) atoms. The lowest BCUT2D eigenvalue weighted by atomic mass is 9.74. The molecule has 0 bridgehead atoms. The van der Waals surface area contributed by atoms with Gasteiger partial charge in [-0.05, 0) is 59.7 Å². The zero-order valence-corrected chi connectivity index (χ0v) is 14.5. The standard InChI is InChI=1S/C21H22FNO3/c22-17-4-1-13(2-5-17)9-20(25)23-21(16-11-18(24)12-16)15-3-6-19-14(10-15)7-8-26-19/h1-6,10,16,18,21,24H,7-9,11-12H2,(H,23,25)/t16?,18?,21-/m1/s1. The van der Waals surface area contributed by atoms with E-state index in [9.17, 15) is 14.3 Å². The number of benzene rings is 2. The highest BCUT2D eigenvalue weighted by Gasteiger charge is 2.36. The minimum Gasteiger partial charge on any atom is -0.493 e.